The highest BCUT2D eigenvalue weighted by Gasteiger charge is 2.00. The van der Waals surface area contributed by atoms with Gasteiger partial charge in [0.15, 0.2) is 5.96 Å². The number of nitrogens with two attached hydrogens (primary N) is 1. The molecule has 2 aromatic carbocycles. The smallest absolute Gasteiger partial charge is 0.193 e. The van der Waals surface area contributed by atoms with Crippen molar-refractivity contribution in [3.8, 4) is 11.5 Å². The van der Waals surface area contributed by atoms with Gasteiger partial charge >= 0.3 is 0 Å². The minimum atomic E-state index is 0.335. The molecule has 0 radical (unpaired) electrons. The number of nitrogens with one attached hydrogen (secondary N) is 1. The zero-order valence-electron chi connectivity index (χ0n) is 13.8. The van der Waals surface area contributed by atoms with Crippen LogP contribution in [0, 0.1) is 0 Å². The highest BCUT2D eigenvalue weighted by atomic mass is 16.5. The molecule has 0 heterocycles. The predicted octanol–water partition coefficient (Wildman–Crippen LogP) is 2.87. The van der Waals surface area contributed by atoms with E-state index in [1.54, 1.807) is 7.11 Å². The molecule has 0 spiro atoms. The van der Waals surface area contributed by atoms with Crippen molar-refractivity contribution in [1.29, 1.82) is 0 Å². The van der Waals surface area contributed by atoms with Gasteiger partial charge in [-0.1, -0.05) is 24.3 Å². The average Bonchev–Trinajstić information content (AvgIpc) is 2.59. The van der Waals surface area contributed by atoms with Crippen molar-refractivity contribution in [3.05, 3.63) is 54.6 Å². The Balaban J connectivity index is 1.82. The molecule has 0 bridgehead atoms. The maximum absolute atomic E-state index is 5.87. The van der Waals surface area contributed by atoms with Gasteiger partial charge in [0, 0.05) is 18.9 Å². The molecule has 128 valence electrons. The van der Waals surface area contributed by atoms with Gasteiger partial charge in [0.25, 0.3) is 0 Å². The quantitative estimate of drug-likeness (QED) is 0.420. The molecule has 3 N–H and O–H groups in total. The largest absolute Gasteiger partial charge is 0.457 e. The number of hydrogen-bond acceptors (Lipinski definition) is 4. The van der Waals surface area contributed by atoms with E-state index in [2.05, 4.69) is 10.3 Å². The first kappa shape index (κ1) is 17.8. The molecular formula is C18H23N3O3. The van der Waals surface area contributed by atoms with E-state index in [0.29, 0.717) is 32.3 Å². The summed E-state index contributed by atoms with van der Waals surface area (Å²) in [4.78, 5) is 4.21. The molecule has 0 amide bonds. The van der Waals surface area contributed by atoms with Crippen molar-refractivity contribution in [2.75, 3.05) is 38.8 Å². The monoisotopic (exact) mass is 329 g/mol. The van der Waals surface area contributed by atoms with Crippen molar-refractivity contribution < 1.29 is 14.2 Å². The van der Waals surface area contributed by atoms with Crippen LogP contribution in [0.2, 0.25) is 0 Å². The number of aliphatic imine (C=N–C) groups is 1. The fourth-order valence-electron chi connectivity index (χ4n) is 1.92. The standard InChI is InChI=1S/C18H23N3O3/c1-22-12-13-23-11-10-20-18(19)21-15-6-5-9-17(14-15)24-16-7-3-2-4-8-16/h2-9,14H,10-13H2,1H3,(H3,19,20,21). The Morgan fingerprint density at radius 2 is 1.79 bits per heavy atom. The fraction of sp³-hybridized carbons (Fsp3) is 0.278. The van der Waals surface area contributed by atoms with Crippen LogP contribution in [0.3, 0.4) is 0 Å². The molecule has 0 saturated heterocycles. The number of benzene rings is 2. The zero-order valence-corrected chi connectivity index (χ0v) is 13.8. The minimum absolute atomic E-state index is 0.335. The number of ether oxygens (including phenoxy) is 3. The molecule has 0 aliphatic carbocycles. The molecule has 2 rings (SSSR count). The number of hydrogen-bond donors (Lipinski definition) is 2. The second-order valence-corrected chi connectivity index (χ2v) is 4.94. The Hall–Kier alpha value is -2.57. The van der Waals surface area contributed by atoms with Gasteiger partial charge in [-0.05, 0) is 24.3 Å². The molecule has 0 aliphatic heterocycles. The van der Waals surface area contributed by atoms with Crippen molar-refractivity contribution in [1.82, 2.24) is 0 Å². The summed E-state index contributed by atoms with van der Waals surface area (Å²) in [7, 11) is 1.64. The average molecular weight is 329 g/mol. The van der Waals surface area contributed by atoms with Crippen LogP contribution >= 0.6 is 0 Å². The van der Waals surface area contributed by atoms with Crippen LogP contribution in [0.15, 0.2) is 59.6 Å². The number of rotatable bonds is 9. The molecular weight excluding hydrogens is 306 g/mol. The first-order chi connectivity index (χ1) is 11.8. The van der Waals surface area contributed by atoms with E-state index >= 15 is 0 Å². The van der Waals surface area contributed by atoms with Crippen LogP contribution in [0.1, 0.15) is 0 Å². The topological polar surface area (TPSA) is 78.1 Å². The molecule has 6 heteroatoms. The van der Waals surface area contributed by atoms with Gasteiger partial charge in [-0.15, -0.1) is 0 Å². The summed E-state index contributed by atoms with van der Waals surface area (Å²) in [6, 6.07) is 17.1. The zero-order chi connectivity index (χ0) is 17.0. The van der Waals surface area contributed by atoms with Gasteiger partial charge in [-0.2, -0.15) is 0 Å². The Kier molecular flexibility index (Phi) is 7.59. The van der Waals surface area contributed by atoms with E-state index in [-0.39, 0.29) is 0 Å². The number of para-hydroxylation sites is 1. The fourth-order valence-corrected chi connectivity index (χ4v) is 1.92. The molecule has 2 aromatic rings. The first-order valence-corrected chi connectivity index (χ1v) is 7.74. The summed E-state index contributed by atoms with van der Waals surface area (Å²) in [6.07, 6.45) is 0. The van der Waals surface area contributed by atoms with Crippen LogP contribution in [0.25, 0.3) is 0 Å². The maximum Gasteiger partial charge on any atom is 0.193 e. The Bertz CT molecular complexity index is 632. The van der Waals surface area contributed by atoms with Gasteiger partial charge < -0.3 is 25.3 Å². The number of methoxy groups -OCH3 is 1. The van der Waals surface area contributed by atoms with Gasteiger partial charge in [0.05, 0.1) is 26.4 Å². The van der Waals surface area contributed by atoms with Gasteiger partial charge in [0.2, 0.25) is 0 Å². The SMILES string of the molecule is COCCOCCN=C(N)Nc1cccc(Oc2ccccc2)c1. The third kappa shape index (κ3) is 6.68. The highest BCUT2D eigenvalue weighted by molar-refractivity contribution is 5.92. The molecule has 0 atom stereocenters. The molecule has 6 nitrogen and oxygen atoms in total. The van der Waals surface area contributed by atoms with Crippen molar-refractivity contribution in [2.24, 2.45) is 10.7 Å². The van der Waals surface area contributed by atoms with Crippen LogP contribution in [0.4, 0.5) is 5.69 Å². The summed E-state index contributed by atoms with van der Waals surface area (Å²) >= 11 is 0. The maximum atomic E-state index is 5.87. The summed E-state index contributed by atoms with van der Waals surface area (Å²) in [5.41, 5.74) is 6.68. The normalized spacial score (nSPS) is 11.3. The van der Waals surface area contributed by atoms with Gasteiger partial charge in [-0.25, -0.2) is 0 Å². The van der Waals surface area contributed by atoms with E-state index < -0.39 is 0 Å². The van der Waals surface area contributed by atoms with E-state index in [1.807, 2.05) is 54.6 Å². The van der Waals surface area contributed by atoms with Crippen LogP contribution in [-0.2, 0) is 9.47 Å². The van der Waals surface area contributed by atoms with E-state index in [1.165, 1.54) is 0 Å². The number of anilines is 1. The second kappa shape index (κ2) is 10.3. The molecule has 0 aliphatic rings. The molecule has 0 aromatic heterocycles. The van der Waals surface area contributed by atoms with E-state index in [9.17, 15) is 0 Å². The van der Waals surface area contributed by atoms with E-state index in [4.69, 9.17) is 19.9 Å². The summed E-state index contributed by atoms with van der Waals surface area (Å²) < 4.78 is 16.0. The molecule has 0 unspecified atom stereocenters. The summed E-state index contributed by atoms with van der Waals surface area (Å²) in [6.45, 7) is 2.12. The molecule has 24 heavy (non-hydrogen) atoms. The molecule has 0 fully saturated rings. The number of guanidine groups is 1. The second-order valence-electron chi connectivity index (χ2n) is 4.94. The summed E-state index contributed by atoms with van der Waals surface area (Å²) in [5, 5.41) is 3.04. The third-order valence-electron chi connectivity index (χ3n) is 3.03. The van der Waals surface area contributed by atoms with E-state index in [0.717, 1.165) is 17.2 Å². The predicted molar refractivity (Wildman–Crippen MR) is 95.8 cm³/mol. The molecule has 0 saturated carbocycles. The Morgan fingerprint density at radius 1 is 1.00 bits per heavy atom. The van der Waals surface area contributed by atoms with Gasteiger partial charge in [-0.3, -0.25) is 4.99 Å². The Labute approximate surface area is 142 Å². The lowest BCUT2D eigenvalue weighted by Crippen LogP contribution is -2.23. The lowest BCUT2D eigenvalue weighted by atomic mass is 10.3. The van der Waals surface area contributed by atoms with Crippen LogP contribution in [-0.4, -0.2) is 39.4 Å². The van der Waals surface area contributed by atoms with Crippen molar-refractivity contribution >= 4 is 11.6 Å². The van der Waals surface area contributed by atoms with Crippen molar-refractivity contribution in [2.45, 2.75) is 0 Å². The Morgan fingerprint density at radius 3 is 2.58 bits per heavy atom. The lowest BCUT2D eigenvalue weighted by molar-refractivity contribution is 0.0748. The third-order valence-corrected chi connectivity index (χ3v) is 3.03. The highest BCUT2D eigenvalue weighted by Crippen LogP contribution is 2.23. The van der Waals surface area contributed by atoms with Crippen molar-refractivity contribution in [3.63, 3.8) is 0 Å². The van der Waals surface area contributed by atoms with Crippen LogP contribution in [0.5, 0.6) is 11.5 Å². The van der Waals surface area contributed by atoms with Gasteiger partial charge in [0.1, 0.15) is 11.5 Å². The first-order valence-electron chi connectivity index (χ1n) is 7.74. The minimum Gasteiger partial charge on any atom is -0.457 e. The number of nitrogens with zero attached hydrogens (tertiary/aromatic N) is 1. The van der Waals surface area contributed by atoms with Crippen LogP contribution < -0.4 is 15.8 Å². The lowest BCUT2D eigenvalue weighted by Gasteiger charge is -2.09. The summed E-state index contributed by atoms with van der Waals surface area (Å²) in [5.74, 6) is 1.84.